The Morgan fingerprint density at radius 1 is 0.906 bits per heavy atom. The van der Waals surface area contributed by atoms with Crippen molar-refractivity contribution in [2.24, 2.45) is 0 Å². The summed E-state index contributed by atoms with van der Waals surface area (Å²) in [6.45, 7) is 0. The van der Waals surface area contributed by atoms with Crippen molar-refractivity contribution in [2.75, 3.05) is 7.05 Å². The van der Waals surface area contributed by atoms with E-state index in [4.69, 9.17) is 0 Å². The van der Waals surface area contributed by atoms with Crippen molar-refractivity contribution in [1.82, 2.24) is 10.6 Å². The highest BCUT2D eigenvalue weighted by molar-refractivity contribution is 5.83. The smallest absolute Gasteiger partial charge is 0.358 e. The lowest BCUT2D eigenvalue weighted by Crippen LogP contribution is -2.38. The fraction of sp³-hybridized carbons (Fsp3) is 0.240. The Morgan fingerprint density at radius 2 is 1.53 bits per heavy atom. The second kappa shape index (κ2) is 10.4. The number of hydrogen-bond donors (Lipinski definition) is 2. The molecule has 0 aliphatic heterocycles. The number of halogens is 4. The van der Waals surface area contributed by atoms with Gasteiger partial charge in [0.05, 0.1) is 5.56 Å². The van der Waals surface area contributed by atoms with Gasteiger partial charge >= 0.3 is 6.18 Å². The number of carbonyl (C=O) groups is 1. The van der Waals surface area contributed by atoms with Gasteiger partial charge in [0, 0.05) is 18.7 Å². The molecule has 0 heterocycles. The van der Waals surface area contributed by atoms with Crippen LogP contribution in [0.2, 0.25) is 0 Å². The van der Waals surface area contributed by atoms with Crippen LogP contribution in [0.4, 0.5) is 17.6 Å². The highest BCUT2D eigenvalue weighted by atomic mass is 19.4. The van der Waals surface area contributed by atoms with Gasteiger partial charge in [-0.05, 0) is 42.2 Å². The first-order chi connectivity index (χ1) is 15.3. The van der Waals surface area contributed by atoms with E-state index in [1.165, 1.54) is 25.2 Å². The maximum atomic E-state index is 14.6. The molecule has 0 radical (unpaired) electrons. The van der Waals surface area contributed by atoms with E-state index in [0.717, 1.165) is 17.7 Å². The zero-order valence-electron chi connectivity index (χ0n) is 17.5. The van der Waals surface area contributed by atoms with Crippen LogP contribution in [0.25, 0.3) is 0 Å². The van der Waals surface area contributed by atoms with E-state index >= 15 is 0 Å². The predicted molar refractivity (Wildman–Crippen MR) is 115 cm³/mol. The second-order valence-corrected chi connectivity index (χ2v) is 7.43. The van der Waals surface area contributed by atoms with E-state index in [9.17, 15) is 22.4 Å². The van der Waals surface area contributed by atoms with Crippen LogP contribution >= 0.6 is 0 Å². The average Bonchev–Trinajstić information content (AvgIpc) is 2.79. The van der Waals surface area contributed by atoms with Crippen LogP contribution in [0, 0.1) is 5.82 Å². The van der Waals surface area contributed by atoms with E-state index in [-0.39, 0.29) is 5.91 Å². The van der Waals surface area contributed by atoms with Gasteiger partial charge in [-0.2, -0.15) is 13.2 Å². The molecule has 0 spiro atoms. The fourth-order valence-electron chi connectivity index (χ4n) is 3.57. The molecule has 168 valence electrons. The van der Waals surface area contributed by atoms with E-state index < -0.39 is 29.6 Å². The SMILES string of the molecule is CNC(=O)C(N[C@@H](CCc1ccc(C(F)(F)F)cc1)c1ccccc1F)c1ccccc1. The number of rotatable bonds is 8. The number of likely N-dealkylation sites (N-methyl/N-ethyl adjacent to an activating group) is 1. The molecule has 7 heteroatoms. The maximum Gasteiger partial charge on any atom is 0.416 e. The quantitative estimate of drug-likeness (QED) is 0.445. The van der Waals surface area contributed by atoms with Crippen LogP contribution in [-0.4, -0.2) is 13.0 Å². The summed E-state index contributed by atoms with van der Waals surface area (Å²) >= 11 is 0. The first-order valence-corrected chi connectivity index (χ1v) is 10.2. The van der Waals surface area contributed by atoms with Crippen LogP contribution in [0.5, 0.6) is 0 Å². The topological polar surface area (TPSA) is 41.1 Å². The van der Waals surface area contributed by atoms with Gasteiger partial charge in [-0.3, -0.25) is 10.1 Å². The first-order valence-electron chi connectivity index (χ1n) is 10.2. The average molecular weight is 444 g/mol. The van der Waals surface area contributed by atoms with E-state index in [1.807, 2.05) is 18.2 Å². The zero-order chi connectivity index (χ0) is 23.1. The van der Waals surface area contributed by atoms with Crippen molar-refractivity contribution in [3.63, 3.8) is 0 Å². The summed E-state index contributed by atoms with van der Waals surface area (Å²) in [5.41, 5.74) is 1.10. The predicted octanol–water partition coefficient (Wildman–Crippen LogP) is 5.60. The number of aryl methyl sites for hydroxylation is 1. The van der Waals surface area contributed by atoms with Crippen molar-refractivity contribution in [3.05, 3.63) is 107 Å². The number of alkyl halides is 3. The molecule has 0 bridgehead atoms. The van der Waals surface area contributed by atoms with Crippen LogP contribution in [0.15, 0.2) is 78.9 Å². The van der Waals surface area contributed by atoms with Crippen LogP contribution in [0.3, 0.4) is 0 Å². The van der Waals surface area contributed by atoms with Gasteiger partial charge in [0.2, 0.25) is 5.91 Å². The monoisotopic (exact) mass is 444 g/mol. The van der Waals surface area contributed by atoms with Crippen LogP contribution < -0.4 is 10.6 Å². The first kappa shape index (κ1) is 23.5. The second-order valence-electron chi connectivity index (χ2n) is 7.43. The Bertz CT molecular complexity index is 1020. The van der Waals surface area contributed by atoms with E-state index in [0.29, 0.717) is 24.0 Å². The summed E-state index contributed by atoms with van der Waals surface area (Å²) in [6, 6.07) is 19.0. The number of amides is 1. The van der Waals surface area contributed by atoms with Crippen molar-refractivity contribution in [1.29, 1.82) is 0 Å². The summed E-state index contributed by atoms with van der Waals surface area (Å²) in [5, 5.41) is 5.88. The van der Waals surface area contributed by atoms with Crippen molar-refractivity contribution in [2.45, 2.75) is 31.1 Å². The molecule has 2 atom stereocenters. The molecule has 32 heavy (non-hydrogen) atoms. The molecular weight excluding hydrogens is 420 g/mol. The van der Waals surface area contributed by atoms with Gasteiger partial charge in [0.25, 0.3) is 0 Å². The maximum absolute atomic E-state index is 14.6. The molecule has 0 saturated carbocycles. The Morgan fingerprint density at radius 3 is 2.12 bits per heavy atom. The summed E-state index contributed by atoms with van der Waals surface area (Å²) < 4.78 is 53.1. The van der Waals surface area contributed by atoms with Crippen molar-refractivity contribution >= 4 is 5.91 Å². The lowest BCUT2D eigenvalue weighted by Gasteiger charge is -2.26. The van der Waals surface area contributed by atoms with Crippen LogP contribution in [0.1, 0.15) is 40.8 Å². The summed E-state index contributed by atoms with van der Waals surface area (Å²) in [7, 11) is 1.53. The fourth-order valence-corrected chi connectivity index (χ4v) is 3.57. The summed E-state index contributed by atoms with van der Waals surface area (Å²) in [4.78, 5) is 12.6. The highest BCUT2D eigenvalue weighted by Crippen LogP contribution is 2.30. The number of carbonyl (C=O) groups excluding carboxylic acids is 1. The number of hydrogen-bond acceptors (Lipinski definition) is 2. The molecule has 3 rings (SSSR count). The third-order valence-corrected chi connectivity index (χ3v) is 5.29. The molecular formula is C25H24F4N2O. The lowest BCUT2D eigenvalue weighted by molar-refractivity contribution is -0.137. The van der Waals surface area contributed by atoms with Crippen LogP contribution in [-0.2, 0) is 17.4 Å². The van der Waals surface area contributed by atoms with Gasteiger partial charge in [-0.25, -0.2) is 4.39 Å². The molecule has 3 aromatic rings. The Labute approximate surface area is 184 Å². The van der Waals surface area contributed by atoms with E-state index in [2.05, 4.69) is 10.6 Å². The molecule has 0 fully saturated rings. The zero-order valence-corrected chi connectivity index (χ0v) is 17.5. The molecule has 3 aromatic carbocycles. The molecule has 0 aromatic heterocycles. The Balaban J connectivity index is 1.85. The molecule has 1 amide bonds. The van der Waals surface area contributed by atoms with Crippen molar-refractivity contribution < 1.29 is 22.4 Å². The molecule has 1 unspecified atom stereocenters. The number of nitrogens with one attached hydrogen (secondary N) is 2. The minimum atomic E-state index is -4.40. The minimum absolute atomic E-state index is 0.271. The third-order valence-electron chi connectivity index (χ3n) is 5.29. The normalized spacial score (nSPS) is 13.4. The minimum Gasteiger partial charge on any atom is -0.358 e. The molecule has 0 aliphatic rings. The van der Waals surface area contributed by atoms with Gasteiger partial charge in [-0.15, -0.1) is 0 Å². The lowest BCUT2D eigenvalue weighted by atomic mass is 9.95. The molecule has 0 saturated heterocycles. The summed E-state index contributed by atoms with van der Waals surface area (Å²) in [5.74, 6) is -0.687. The van der Waals surface area contributed by atoms with Gasteiger partial charge in [0.1, 0.15) is 11.9 Å². The molecule has 0 aliphatic carbocycles. The van der Waals surface area contributed by atoms with Gasteiger partial charge in [-0.1, -0.05) is 60.7 Å². The van der Waals surface area contributed by atoms with Gasteiger partial charge in [0.15, 0.2) is 0 Å². The van der Waals surface area contributed by atoms with Crippen molar-refractivity contribution in [3.8, 4) is 0 Å². The number of benzene rings is 3. The molecule has 2 N–H and O–H groups in total. The largest absolute Gasteiger partial charge is 0.416 e. The van der Waals surface area contributed by atoms with Gasteiger partial charge < -0.3 is 5.32 Å². The Kier molecular flexibility index (Phi) is 7.64. The molecule has 3 nitrogen and oxygen atoms in total. The summed E-state index contributed by atoms with van der Waals surface area (Å²) in [6.07, 6.45) is -3.61. The van der Waals surface area contributed by atoms with E-state index in [1.54, 1.807) is 30.3 Å². The Hall–Kier alpha value is -3.19. The highest BCUT2D eigenvalue weighted by Gasteiger charge is 2.30. The standard InChI is InChI=1S/C25H24F4N2O/c1-30-24(32)23(18-7-3-2-4-8-18)31-22(20-9-5-6-10-21(20)26)16-13-17-11-14-19(15-12-17)25(27,28)29/h2-12,14-15,22-23,31H,13,16H2,1H3,(H,30,32)/t22-,23?/m0/s1. The third kappa shape index (κ3) is 5.95.